The first-order valence-electron chi connectivity index (χ1n) is 8.81. The molecule has 1 atom stereocenters. The van der Waals surface area contributed by atoms with Crippen LogP contribution in [0, 0.1) is 0 Å². The fraction of sp³-hybridized carbons (Fsp3) is 0.647. The molecular formula is C17H26N6. The van der Waals surface area contributed by atoms with E-state index in [0.717, 1.165) is 44.1 Å². The lowest BCUT2D eigenvalue weighted by atomic mass is 10.00. The van der Waals surface area contributed by atoms with Gasteiger partial charge in [0.1, 0.15) is 0 Å². The van der Waals surface area contributed by atoms with Crippen molar-refractivity contribution in [3.8, 4) is 0 Å². The van der Waals surface area contributed by atoms with Crippen LogP contribution in [0.2, 0.25) is 0 Å². The second-order valence-corrected chi connectivity index (χ2v) is 6.79. The molecule has 2 aromatic heterocycles. The molecule has 124 valence electrons. The number of piperazine rings is 1. The van der Waals surface area contributed by atoms with E-state index in [-0.39, 0.29) is 0 Å². The van der Waals surface area contributed by atoms with Crippen molar-refractivity contribution >= 4 is 11.3 Å². The van der Waals surface area contributed by atoms with Gasteiger partial charge in [-0.25, -0.2) is 9.50 Å². The molecule has 2 aliphatic rings. The maximum absolute atomic E-state index is 4.78. The van der Waals surface area contributed by atoms with Crippen molar-refractivity contribution in [3.05, 3.63) is 24.2 Å². The largest absolute Gasteiger partial charge is 0.369 e. The Morgan fingerprint density at radius 1 is 1.22 bits per heavy atom. The summed E-state index contributed by atoms with van der Waals surface area (Å²) in [5.41, 5.74) is 2.22. The van der Waals surface area contributed by atoms with E-state index in [1.807, 2.05) is 10.7 Å². The van der Waals surface area contributed by atoms with Gasteiger partial charge in [0.25, 0.3) is 0 Å². The van der Waals surface area contributed by atoms with Gasteiger partial charge < -0.3 is 15.1 Å². The quantitative estimate of drug-likeness (QED) is 0.921. The lowest BCUT2D eigenvalue weighted by Gasteiger charge is -2.31. The number of fused-ring (bicyclic) bond motifs is 1. The topological polar surface area (TPSA) is 48.7 Å². The summed E-state index contributed by atoms with van der Waals surface area (Å²) in [7, 11) is 2.22. The third-order valence-electron chi connectivity index (χ3n) is 5.19. The first-order chi connectivity index (χ1) is 11.3. The number of hydrogen-bond acceptors (Lipinski definition) is 5. The molecule has 0 spiro atoms. The highest BCUT2D eigenvalue weighted by Gasteiger charge is 2.21. The smallest absolute Gasteiger partial charge is 0.157 e. The number of anilines is 1. The highest BCUT2D eigenvalue weighted by atomic mass is 15.3. The molecule has 6 nitrogen and oxygen atoms in total. The Hall–Kier alpha value is -1.66. The van der Waals surface area contributed by atoms with Crippen LogP contribution in [-0.4, -0.2) is 65.3 Å². The maximum Gasteiger partial charge on any atom is 0.157 e. The van der Waals surface area contributed by atoms with E-state index in [1.165, 1.54) is 31.5 Å². The molecule has 0 radical (unpaired) electrons. The number of nitrogens with zero attached hydrogens (tertiary/aromatic N) is 5. The van der Waals surface area contributed by atoms with E-state index >= 15 is 0 Å². The van der Waals surface area contributed by atoms with Gasteiger partial charge in [0.05, 0.1) is 0 Å². The van der Waals surface area contributed by atoms with Gasteiger partial charge in [-0.05, 0) is 32.5 Å². The molecule has 6 heteroatoms. The summed E-state index contributed by atoms with van der Waals surface area (Å²) in [6.07, 6.45) is 6.92. The first-order valence-corrected chi connectivity index (χ1v) is 8.81. The molecule has 0 aromatic carbocycles. The lowest BCUT2D eigenvalue weighted by molar-refractivity contribution is 0.182. The van der Waals surface area contributed by atoms with Crippen LogP contribution < -0.4 is 10.2 Å². The monoisotopic (exact) mass is 314 g/mol. The second kappa shape index (κ2) is 6.45. The molecule has 1 unspecified atom stereocenters. The van der Waals surface area contributed by atoms with Crippen LogP contribution >= 0.6 is 0 Å². The summed E-state index contributed by atoms with van der Waals surface area (Å²) in [5.74, 6) is 0.973. The van der Waals surface area contributed by atoms with Crippen molar-refractivity contribution in [1.29, 1.82) is 0 Å². The van der Waals surface area contributed by atoms with Crippen LogP contribution in [0.5, 0.6) is 0 Å². The van der Waals surface area contributed by atoms with Gasteiger partial charge in [-0.3, -0.25) is 0 Å². The Bertz CT molecular complexity index is 660. The number of pyridine rings is 1. The maximum atomic E-state index is 4.78. The SMILES string of the molecule is CN1CCCCC1Cc1nc2cc(N3CCNCC3)ccn2n1. The van der Waals surface area contributed by atoms with E-state index in [9.17, 15) is 0 Å². The molecule has 0 amide bonds. The Morgan fingerprint density at radius 2 is 2.09 bits per heavy atom. The van der Waals surface area contributed by atoms with E-state index in [2.05, 4.69) is 39.4 Å². The highest BCUT2D eigenvalue weighted by Crippen LogP contribution is 2.20. The Kier molecular flexibility index (Phi) is 4.18. The molecule has 0 saturated carbocycles. The number of likely N-dealkylation sites (tertiary alicyclic amines) is 1. The summed E-state index contributed by atoms with van der Waals surface area (Å²) in [6, 6.07) is 4.92. The van der Waals surface area contributed by atoms with Crippen molar-refractivity contribution in [2.24, 2.45) is 0 Å². The number of hydrogen-bond donors (Lipinski definition) is 1. The zero-order valence-electron chi connectivity index (χ0n) is 13.9. The minimum atomic E-state index is 0.591. The average Bonchev–Trinajstić information content (AvgIpc) is 2.99. The van der Waals surface area contributed by atoms with Crippen molar-refractivity contribution in [1.82, 2.24) is 24.8 Å². The minimum Gasteiger partial charge on any atom is -0.369 e. The summed E-state index contributed by atoms with van der Waals surface area (Å²) in [4.78, 5) is 9.66. The van der Waals surface area contributed by atoms with Gasteiger partial charge >= 0.3 is 0 Å². The van der Waals surface area contributed by atoms with Crippen LogP contribution in [-0.2, 0) is 6.42 Å². The minimum absolute atomic E-state index is 0.591. The predicted molar refractivity (Wildman–Crippen MR) is 92.0 cm³/mol. The zero-order chi connectivity index (χ0) is 15.6. The number of nitrogens with one attached hydrogen (secondary N) is 1. The van der Waals surface area contributed by atoms with Crippen molar-refractivity contribution < 1.29 is 0 Å². The third kappa shape index (κ3) is 3.19. The third-order valence-corrected chi connectivity index (χ3v) is 5.19. The summed E-state index contributed by atoms with van der Waals surface area (Å²) < 4.78 is 1.92. The standard InChI is InChI=1S/C17H26N6/c1-21-8-3-2-4-14(21)12-16-19-17-13-15(5-9-23(17)20-16)22-10-6-18-7-11-22/h5,9,13-14,18H,2-4,6-8,10-12H2,1H3. The molecule has 0 bridgehead atoms. The van der Waals surface area contributed by atoms with Gasteiger partial charge in [0.15, 0.2) is 11.5 Å². The number of piperidine rings is 1. The normalized spacial score (nSPS) is 23.5. The molecule has 4 heterocycles. The number of rotatable bonds is 3. The van der Waals surface area contributed by atoms with Gasteiger partial charge in [0.2, 0.25) is 0 Å². The molecule has 2 fully saturated rings. The number of aromatic nitrogens is 3. The molecule has 2 aliphatic heterocycles. The fourth-order valence-corrected chi connectivity index (χ4v) is 3.74. The van der Waals surface area contributed by atoms with Gasteiger partial charge in [-0.1, -0.05) is 6.42 Å². The van der Waals surface area contributed by atoms with E-state index in [1.54, 1.807) is 0 Å². The number of likely N-dealkylation sites (N-methyl/N-ethyl adjacent to an activating group) is 1. The molecular weight excluding hydrogens is 288 g/mol. The van der Waals surface area contributed by atoms with E-state index in [4.69, 9.17) is 4.98 Å². The van der Waals surface area contributed by atoms with Crippen molar-refractivity contribution in [3.63, 3.8) is 0 Å². The molecule has 0 aliphatic carbocycles. The predicted octanol–water partition coefficient (Wildman–Crippen LogP) is 1.17. The Morgan fingerprint density at radius 3 is 2.91 bits per heavy atom. The fourth-order valence-electron chi connectivity index (χ4n) is 3.74. The van der Waals surface area contributed by atoms with Crippen LogP contribution in [0.15, 0.2) is 18.3 Å². The molecule has 1 N–H and O–H groups in total. The summed E-state index contributed by atoms with van der Waals surface area (Å²) in [6.45, 7) is 5.42. The Labute approximate surface area is 137 Å². The lowest BCUT2D eigenvalue weighted by Crippen LogP contribution is -2.43. The Balaban J connectivity index is 1.53. The van der Waals surface area contributed by atoms with Crippen molar-refractivity contribution in [2.45, 2.75) is 31.7 Å². The molecule has 23 heavy (non-hydrogen) atoms. The van der Waals surface area contributed by atoms with E-state index in [0.29, 0.717) is 6.04 Å². The van der Waals surface area contributed by atoms with Crippen LogP contribution in [0.3, 0.4) is 0 Å². The van der Waals surface area contributed by atoms with Gasteiger partial charge in [-0.2, -0.15) is 5.10 Å². The van der Waals surface area contributed by atoms with Crippen LogP contribution in [0.25, 0.3) is 5.65 Å². The second-order valence-electron chi connectivity index (χ2n) is 6.79. The average molecular weight is 314 g/mol. The van der Waals surface area contributed by atoms with Crippen LogP contribution in [0.1, 0.15) is 25.1 Å². The van der Waals surface area contributed by atoms with Gasteiger partial charge in [-0.15, -0.1) is 0 Å². The van der Waals surface area contributed by atoms with Crippen LogP contribution in [0.4, 0.5) is 5.69 Å². The summed E-state index contributed by atoms with van der Waals surface area (Å²) >= 11 is 0. The molecule has 2 saturated heterocycles. The van der Waals surface area contributed by atoms with E-state index < -0.39 is 0 Å². The van der Waals surface area contributed by atoms with Crippen molar-refractivity contribution in [2.75, 3.05) is 44.7 Å². The molecule has 2 aromatic rings. The first kappa shape index (κ1) is 14.9. The zero-order valence-corrected chi connectivity index (χ0v) is 13.9. The van der Waals surface area contributed by atoms with Gasteiger partial charge in [0, 0.05) is 56.6 Å². The summed E-state index contributed by atoms with van der Waals surface area (Å²) in [5, 5.41) is 8.07. The highest BCUT2D eigenvalue weighted by molar-refractivity contribution is 5.56. The molecule has 4 rings (SSSR count).